The molecule has 0 saturated carbocycles. The Labute approximate surface area is 181 Å². The second-order valence-electron chi connectivity index (χ2n) is 7.63. The molecule has 152 valence electrons. The maximum atomic E-state index is 12.8. The molecule has 0 radical (unpaired) electrons. The van der Waals surface area contributed by atoms with Crippen molar-refractivity contribution in [3.63, 3.8) is 0 Å². The van der Waals surface area contributed by atoms with Gasteiger partial charge in [0.2, 0.25) is 0 Å². The molecule has 2 atom stereocenters. The summed E-state index contributed by atoms with van der Waals surface area (Å²) in [7, 11) is 2.05. The fraction of sp³-hybridized carbons (Fsp3) is 0.200. The number of rotatable bonds is 7. The van der Waals surface area contributed by atoms with Crippen LogP contribution in [-0.4, -0.2) is 24.5 Å². The average Bonchev–Trinajstić information content (AvgIpc) is 3.19. The molecule has 1 aromatic heterocycles. The number of nitrogens with one attached hydrogen (secondary N) is 2. The molecule has 4 nitrogen and oxygen atoms in total. The molecular weight excluding hydrogens is 390 g/mol. The maximum Gasteiger partial charge on any atom is 0.279 e. The van der Waals surface area contributed by atoms with Crippen LogP contribution in [0, 0.1) is 0 Å². The van der Waals surface area contributed by atoms with Crippen LogP contribution in [0.2, 0.25) is 0 Å². The first-order chi connectivity index (χ1) is 14.6. The lowest BCUT2D eigenvalue weighted by atomic mass is 10.0. The number of nitrogens with zero attached hydrogens (tertiary/aromatic N) is 1. The Hall–Kier alpha value is -3.02. The molecule has 0 bridgehead atoms. The molecule has 3 aromatic carbocycles. The fourth-order valence-electron chi connectivity index (χ4n) is 3.50. The second-order valence-corrected chi connectivity index (χ2v) is 8.69. The largest absolute Gasteiger partial charge is 0.322 e. The molecule has 1 amide bonds. The van der Waals surface area contributed by atoms with Crippen LogP contribution in [0.25, 0.3) is 10.2 Å². The lowest BCUT2D eigenvalue weighted by Gasteiger charge is -2.20. The van der Waals surface area contributed by atoms with E-state index in [-0.39, 0.29) is 11.9 Å². The number of quaternary nitrogens is 1. The van der Waals surface area contributed by atoms with Gasteiger partial charge in [-0.1, -0.05) is 60.7 Å². The second kappa shape index (κ2) is 9.20. The van der Waals surface area contributed by atoms with Gasteiger partial charge in [0.1, 0.15) is 6.04 Å². The Morgan fingerprint density at radius 2 is 1.70 bits per heavy atom. The van der Waals surface area contributed by atoms with Crippen LogP contribution in [0.4, 0.5) is 5.69 Å². The van der Waals surface area contributed by atoms with Crippen molar-refractivity contribution in [2.24, 2.45) is 0 Å². The number of fused-ring (bicyclic) bond motifs is 1. The summed E-state index contributed by atoms with van der Waals surface area (Å²) in [4.78, 5) is 18.7. The molecule has 1 unspecified atom stereocenters. The lowest BCUT2D eigenvalue weighted by Crippen LogP contribution is -3.10. The van der Waals surface area contributed by atoms with Gasteiger partial charge in [0.05, 0.1) is 17.3 Å². The third kappa shape index (κ3) is 4.75. The summed E-state index contributed by atoms with van der Waals surface area (Å²) in [5, 5.41) is 4.18. The van der Waals surface area contributed by atoms with Crippen molar-refractivity contribution in [1.29, 1.82) is 0 Å². The summed E-state index contributed by atoms with van der Waals surface area (Å²) >= 11 is 1.70. The number of aromatic nitrogens is 1. The van der Waals surface area contributed by atoms with E-state index >= 15 is 0 Å². The summed E-state index contributed by atoms with van der Waals surface area (Å²) in [5.74, 6) is 0.0148. The van der Waals surface area contributed by atoms with E-state index in [2.05, 4.69) is 36.5 Å². The van der Waals surface area contributed by atoms with E-state index in [9.17, 15) is 4.79 Å². The van der Waals surface area contributed by atoms with Crippen LogP contribution in [0.1, 0.15) is 29.1 Å². The highest BCUT2D eigenvalue weighted by molar-refractivity contribution is 7.18. The first-order valence-corrected chi connectivity index (χ1v) is 11.0. The van der Waals surface area contributed by atoms with Crippen molar-refractivity contribution in [2.45, 2.75) is 19.4 Å². The smallest absolute Gasteiger partial charge is 0.279 e. The molecule has 0 aliphatic rings. The van der Waals surface area contributed by atoms with Gasteiger partial charge in [-0.3, -0.25) is 4.79 Å². The van der Waals surface area contributed by atoms with Crippen molar-refractivity contribution in [1.82, 2.24) is 4.98 Å². The Morgan fingerprint density at radius 3 is 2.50 bits per heavy atom. The van der Waals surface area contributed by atoms with Gasteiger partial charge in [-0.25, -0.2) is 4.98 Å². The minimum atomic E-state index is 0.0148. The van der Waals surface area contributed by atoms with Crippen molar-refractivity contribution in [3.8, 4) is 0 Å². The SMILES string of the molecule is C[C@@H](c1nc2ccccc2s1)[NH+](C)CC(=O)Nc1ccccc1Cc1ccccc1. The third-order valence-corrected chi connectivity index (χ3v) is 6.61. The van der Waals surface area contributed by atoms with Gasteiger partial charge in [0, 0.05) is 5.69 Å². The zero-order valence-corrected chi connectivity index (χ0v) is 18.1. The zero-order chi connectivity index (χ0) is 20.9. The van der Waals surface area contributed by atoms with Gasteiger partial charge in [0.25, 0.3) is 5.91 Å². The Bertz CT molecular complexity index is 1110. The molecule has 0 aliphatic carbocycles. The number of carbonyl (C=O) groups is 1. The number of carbonyl (C=O) groups excluding carboxylic acids is 1. The monoisotopic (exact) mass is 416 g/mol. The number of benzene rings is 3. The van der Waals surface area contributed by atoms with Crippen molar-refractivity contribution < 1.29 is 9.69 Å². The molecule has 0 spiro atoms. The molecule has 5 heteroatoms. The number of hydrogen-bond acceptors (Lipinski definition) is 3. The van der Waals surface area contributed by atoms with Crippen LogP contribution in [0.5, 0.6) is 0 Å². The molecule has 4 aromatic rings. The van der Waals surface area contributed by atoms with Crippen LogP contribution in [0.3, 0.4) is 0 Å². The first-order valence-electron chi connectivity index (χ1n) is 10.2. The standard InChI is InChI=1S/C25H25N3OS/c1-18(25-27-22-14-8-9-15-23(22)30-25)28(2)17-24(29)26-21-13-7-6-12-20(21)16-19-10-4-3-5-11-19/h3-15,18H,16-17H2,1-2H3,(H,26,29)/p+1/t18-/m0/s1. The van der Waals surface area contributed by atoms with Gasteiger partial charge in [-0.2, -0.15) is 0 Å². The number of thiazole rings is 1. The highest BCUT2D eigenvalue weighted by Gasteiger charge is 2.22. The number of para-hydroxylation sites is 2. The molecule has 30 heavy (non-hydrogen) atoms. The van der Waals surface area contributed by atoms with Crippen LogP contribution in [-0.2, 0) is 11.2 Å². The van der Waals surface area contributed by atoms with Crippen molar-refractivity contribution in [2.75, 3.05) is 18.9 Å². The van der Waals surface area contributed by atoms with Crippen LogP contribution in [0.15, 0.2) is 78.9 Å². The fourth-order valence-corrected chi connectivity index (χ4v) is 4.61. The summed E-state index contributed by atoms with van der Waals surface area (Å²) in [6.45, 7) is 2.51. The topological polar surface area (TPSA) is 46.4 Å². The summed E-state index contributed by atoms with van der Waals surface area (Å²) in [6, 6.07) is 26.6. The van der Waals surface area contributed by atoms with E-state index in [4.69, 9.17) is 4.98 Å². The minimum Gasteiger partial charge on any atom is -0.322 e. The normalized spacial score (nSPS) is 13.1. The molecule has 0 aliphatic heterocycles. The Balaban J connectivity index is 1.42. The van der Waals surface area contributed by atoms with E-state index in [0.717, 1.165) is 33.1 Å². The Kier molecular flexibility index (Phi) is 6.21. The van der Waals surface area contributed by atoms with Gasteiger partial charge in [-0.05, 0) is 42.7 Å². The summed E-state index contributed by atoms with van der Waals surface area (Å²) < 4.78 is 1.19. The average molecular weight is 417 g/mol. The number of hydrogen-bond donors (Lipinski definition) is 2. The molecular formula is C25H26N3OS+. The van der Waals surface area contributed by atoms with E-state index < -0.39 is 0 Å². The number of anilines is 1. The maximum absolute atomic E-state index is 12.8. The molecule has 2 N–H and O–H groups in total. The lowest BCUT2D eigenvalue weighted by molar-refractivity contribution is -0.902. The molecule has 0 fully saturated rings. The minimum absolute atomic E-state index is 0.0148. The van der Waals surface area contributed by atoms with Crippen LogP contribution < -0.4 is 10.2 Å². The van der Waals surface area contributed by atoms with Gasteiger partial charge >= 0.3 is 0 Å². The predicted molar refractivity (Wildman–Crippen MR) is 124 cm³/mol. The van der Waals surface area contributed by atoms with Gasteiger partial charge in [0.15, 0.2) is 11.6 Å². The van der Waals surface area contributed by atoms with E-state index in [1.54, 1.807) is 11.3 Å². The van der Waals surface area contributed by atoms with Gasteiger partial charge in [-0.15, -0.1) is 11.3 Å². The molecule has 4 rings (SSSR count). The highest BCUT2D eigenvalue weighted by Crippen LogP contribution is 2.24. The quantitative estimate of drug-likeness (QED) is 0.476. The molecule has 0 saturated heterocycles. The predicted octanol–water partition coefficient (Wildman–Crippen LogP) is 4.10. The number of amides is 1. The van der Waals surface area contributed by atoms with E-state index in [0.29, 0.717) is 6.54 Å². The highest BCUT2D eigenvalue weighted by atomic mass is 32.1. The van der Waals surface area contributed by atoms with Gasteiger partial charge < -0.3 is 10.2 Å². The first kappa shape index (κ1) is 20.3. The molecule has 1 heterocycles. The van der Waals surface area contributed by atoms with Crippen LogP contribution >= 0.6 is 11.3 Å². The van der Waals surface area contributed by atoms with Crippen molar-refractivity contribution in [3.05, 3.63) is 95.0 Å². The zero-order valence-electron chi connectivity index (χ0n) is 17.3. The van der Waals surface area contributed by atoms with Crippen molar-refractivity contribution >= 4 is 33.1 Å². The summed E-state index contributed by atoms with van der Waals surface area (Å²) in [5.41, 5.74) is 4.25. The third-order valence-electron chi connectivity index (χ3n) is 5.39. The van der Waals surface area contributed by atoms with E-state index in [1.165, 1.54) is 10.3 Å². The summed E-state index contributed by atoms with van der Waals surface area (Å²) in [6.07, 6.45) is 0.794. The number of likely N-dealkylation sites (N-methyl/N-ethyl adjacent to an activating group) is 1. The van der Waals surface area contributed by atoms with E-state index in [1.807, 2.05) is 61.6 Å². The Morgan fingerprint density at radius 1 is 1.00 bits per heavy atom.